The maximum Gasteiger partial charge on any atom is 0.272 e. The summed E-state index contributed by atoms with van der Waals surface area (Å²) in [5.41, 5.74) is 1.50. The predicted molar refractivity (Wildman–Crippen MR) is 62.9 cm³/mol. The van der Waals surface area contributed by atoms with E-state index in [2.05, 4.69) is 11.6 Å². The van der Waals surface area contributed by atoms with E-state index >= 15 is 0 Å². The Labute approximate surface area is 91.2 Å². The molecule has 0 unspecified atom stereocenters. The van der Waals surface area contributed by atoms with Crippen molar-refractivity contribution in [3.63, 3.8) is 0 Å². The highest BCUT2D eigenvalue weighted by Crippen LogP contribution is 2.22. The van der Waals surface area contributed by atoms with Gasteiger partial charge in [-0.05, 0) is 32.8 Å². The molecule has 1 amide bonds. The number of allylic oxidation sites excluding steroid dienone is 1. The number of amides is 1. The molecule has 0 atom stereocenters. The van der Waals surface area contributed by atoms with E-state index in [0.717, 1.165) is 18.5 Å². The van der Waals surface area contributed by atoms with Gasteiger partial charge in [-0.1, -0.05) is 12.7 Å². The Morgan fingerprint density at radius 1 is 1.53 bits per heavy atom. The lowest BCUT2D eigenvalue weighted by atomic mass is 10.0. The molecule has 1 aliphatic heterocycles. The Bertz CT molecular complexity index is 327. The van der Waals surface area contributed by atoms with Gasteiger partial charge in [-0.3, -0.25) is 9.79 Å². The zero-order valence-corrected chi connectivity index (χ0v) is 9.66. The molecule has 0 N–H and O–H groups in total. The molecular weight excluding hydrogens is 188 g/mol. The second-order valence-electron chi connectivity index (χ2n) is 3.81. The van der Waals surface area contributed by atoms with Gasteiger partial charge < -0.3 is 4.90 Å². The van der Waals surface area contributed by atoms with Crippen molar-refractivity contribution in [2.24, 2.45) is 4.99 Å². The van der Waals surface area contributed by atoms with E-state index in [1.54, 1.807) is 12.3 Å². The normalized spacial score (nSPS) is 18.1. The number of nitrogens with zero attached hydrogens (tertiary/aromatic N) is 2. The lowest BCUT2D eigenvalue weighted by molar-refractivity contribution is -0.129. The number of rotatable bonds is 3. The summed E-state index contributed by atoms with van der Waals surface area (Å²) in [6.45, 7) is 10.3. The molecule has 0 aromatic carbocycles. The van der Waals surface area contributed by atoms with Crippen LogP contribution in [0.2, 0.25) is 0 Å². The van der Waals surface area contributed by atoms with E-state index in [-0.39, 0.29) is 11.9 Å². The Kier molecular flexibility index (Phi) is 3.83. The summed E-state index contributed by atoms with van der Waals surface area (Å²) >= 11 is 0. The number of carbonyl (C=O) groups excluding carboxylic acids is 1. The first-order chi connectivity index (χ1) is 7.11. The molecule has 0 saturated carbocycles. The summed E-state index contributed by atoms with van der Waals surface area (Å²) in [4.78, 5) is 18.0. The molecule has 0 fully saturated rings. The molecule has 3 nitrogen and oxygen atoms in total. The summed E-state index contributed by atoms with van der Waals surface area (Å²) in [6, 6.07) is 0.228. The summed E-state index contributed by atoms with van der Waals surface area (Å²) < 4.78 is 0. The van der Waals surface area contributed by atoms with Crippen molar-refractivity contribution in [1.29, 1.82) is 0 Å². The van der Waals surface area contributed by atoms with E-state index in [1.165, 1.54) is 0 Å². The van der Waals surface area contributed by atoms with Crippen LogP contribution in [0.15, 0.2) is 28.9 Å². The standard InChI is InChI=1S/C12H18N2O/c1-5-10-7-8-14(9(3)4)12(15)11(10)13-6-2/h5-6,9H,1,7-8H2,2-4H3. The van der Waals surface area contributed by atoms with E-state index in [4.69, 9.17) is 0 Å². The highest BCUT2D eigenvalue weighted by atomic mass is 16.2. The monoisotopic (exact) mass is 206 g/mol. The SMILES string of the molecule is C=CC1=C(N=CC)C(=O)N(C(C)C)CC1. The van der Waals surface area contributed by atoms with Crippen LogP contribution in [0.4, 0.5) is 0 Å². The number of carbonyl (C=O) groups is 1. The maximum absolute atomic E-state index is 12.0. The quantitative estimate of drug-likeness (QED) is 0.651. The van der Waals surface area contributed by atoms with Crippen LogP contribution in [0.5, 0.6) is 0 Å². The number of hydrogen-bond donors (Lipinski definition) is 0. The molecular formula is C12H18N2O. The highest BCUT2D eigenvalue weighted by Gasteiger charge is 2.26. The Morgan fingerprint density at radius 3 is 2.67 bits per heavy atom. The smallest absolute Gasteiger partial charge is 0.272 e. The van der Waals surface area contributed by atoms with Crippen LogP contribution in [0.25, 0.3) is 0 Å². The first kappa shape index (κ1) is 11.7. The van der Waals surface area contributed by atoms with Crippen molar-refractivity contribution in [2.45, 2.75) is 33.2 Å². The third kappa shape index (κ3) is 2.35. The molecule has 0 bridgehead atoms. The minimum absolute atomic E-state index is 0.0178. The Balaban J connectivity index is 3.06. The van der Waals surface area contributed by atoms with Gasteiger partial charge in [0, 0.05) is 18.8 Å². The van der Waals surface area contributed by atoms with Crippen molar-refractivity contribution in [2.75, 3.05) is 6.54 Å². The largest absolute Gasteiger partial charge is 0.335 e. The van der Waals surface area contributed by atoms with Gasteiger partial charge in [0.05, 0.1) is 0 Å². The van der Waals surface area contributed by atoms with Crippen molar-refractivity contribution in [1.82, 2.24) is 4.90 Å². The van der Waals surface area contributed by atoms with Gasteiger partial charge in [0.1, 0.15) is 5.70 Å². The van der Waals surface area contributed by atoms with Crippen LogP contribution < -0.4 is 0 Å². The molecule has 0 saturated heterocycles. The molecule has 15 heavy (non-hydrogen) atoms. The van der Waals surface area contributed by atoms with Crippen LogP contribution in [0.1, 0.15) is 27.2 Å². The molecule has 0 aromatic rings. The van der Waals surface area contributed by atoms with Gasteiger partial charge in [0.15, 0.2) is 0 Å². The van der Waals surface area contributed by atoms with Gasteiger partial charge >= 0.3 is 0 Å². The summed E-state index contributed by atoms with van der Waals surface area (Å²) in [5.74, 6) is 0.0178. The Hall–Kier alpha value is -1.38. The third-order valence-electron chi connectivity index (χ3n) is 2.52. The van der Waals surface area contributed by atoms with Gasteiger partial charge in [-0.15, -0.1) is 0 Å². The van der Waals surface area contributed by atoms with Gasteiger partial charge in [0.2, 0.25) is 0 Å². The Morgan fingerprint density at radius 2 is 2.20 bits per heavy atom. The first-order valence-electron chi connectivity index (χ1n) is 5.27. The van der Waals surface area contributed by atoms with E-state index in [0.29, 0.717) is 5.70 Å². The fraction of sp³-hybridized carbons (Fsp3) is 0.500. The van der Waals surface area contributed by atoms with Gasteiger partial charge in [-0.2, -0.15) is 0 Å². The fourth-order valence-corrected chi connectivity index (χ4v) is 1.69. The van der Waals surface area contributed by atoms with Crippen molar-refractivity contribution >= 4 is 12.1 Å². The molecule has 3 heteroatoms. The maximum atomic E-state index is 12.0. The minimum Gasteiger partial charge on any atom is -0.335 e. The van der Waals surface area contributed by atoms with Crippen molar-refractivity contribution in [3.05, 3.63) is 23.9 Å². The molecule has 0 aromatic heterocycles. The first-order valence-corrected chi connectivity index (χ1v) is 5.27. The lowest BCUT2D eigenvalue weighted by Gasteiger charge is -2.31. The number of aliphatic imine (C=N–C) groups is 1. The topological polar surface area (TPSA) is 32.7 Å². The molecule has 0 radical (unpaired) electrons. The number of hydrogen-bond acceptors (Lipinski definition) is 2. The molecule has 1 rings (SSSR count). The van der Waals surface area contributed by atoms with E-state index in [1.807, 2.05) is 25.7 Å². The average molecular weight is 206 g/mol. The van der Waals surface area contributed by atoms with Crippen LogP contribution in [0.3, 0.4) is 0 Å². The average Bonchev–Trinajstić information content (AvgIpc) is 2.20. The van der Waals surface area contributed by atoms with Crippen LogP contribution in [0, 0.1) is 0 Å². The highest BCUT2D eigenvalue weighted by molar-refractivity contribution is 5.96. The van der Waals surface area contributed by atoms with Gasteiger partial charge in [-0.25, -0.2) is 0 Å². The van der Waals surface area contributed by atoms with Crippen LogP contribution in [-0.2, 0) is 4.79 Å². The predicted octanol–water partition coefficient (Wildman–Crippen LogP) is 2.16. The molecule has 0 spiro atoms. The zero-order chi connectivity index (χ0) is 11.4. The molecule has 82 valence electrons. The molecule has 0 aliphatic carbocycles. The summed E-state index contributed by atoms with van der Waals surface area (Å²) in [5, 5.41) is 0. The summed E-state index contributed by atoms with van der Waals surface area (Å²) in [7, 11) is 0. The second kappa shape index (κ2) is 4.91. The molecule has 1 heterocycles. The minimum atomic E-state index is 0.0178. The van der Waals surface area contributed by atoms with Crippen LogP contribution >= 0.6 is 0 Å². The van der Waals surface area contributed by atoms with Crippen molar-refractivity contribution < 1.29 is 4.79 Å². The van der Waals surface area contributed by atoms with Crippen LogP contribution in [-0.4, -0.2) is 29.6 Å². The fourth-order valence-electron chi connectivity index (χ4n) is 1.69. The van der Waals surface area contributed by atoms with E-state index < -0.39 is 0 Å². The van der Waals surface area contributed by atoms with E-state index in [9.17, 15) is 4.79 Å². The molecule has 1 aliphatic rings. The zero-order valence-electron chi connectivity index (χ0n) is 9.66. The summed E-state index contributed by atoms with van der Waals surface area (Å²) in [6.07, 6.45) is 4.23. The van der Waals surface area contributed by atoms with Crippen molar-refractivity contribution in [3.8, 4) is 0 Å². The third-order valence-corrected chi connectivity index (χ3v) is 2.52. The van der Waals surface area contributed by atoms with Gasteiger partial charge in [0.25, 0.3) is 5.91 Å². The second-order valence-corrected chi connectivity index (χ2v) is 3.81. The lowest BCUT2D eigenvalue weighted by Crippen LogP contribution is -2.41.